The van der Waals surface area contributed by atoms with Crippen LogP contribution < -0.4 is 17.0 Å². The zero-order chi connectivity index (χ0) is 32.9. The van der Waals surface area contributed by atoms with E-state index in [0.717, 1.165) is 0 Å². The van der Waals surface area contributed by atoms with Crippen LogP contribution in [0.15, 0.2) is 23.8 Å². The molecule has 2 saturated heterocycles. The van der Waals surface area contributed by atoms with Crippen LogP contribution >= 0.6 is 37.4 Å². The van der Waals surface area contributed by atoms with Crippen LogP contribution in [0.1, 0.15) is 18.9 Å². The molecule has 4 aromatic rings. The number of aromatic nitrogens is 8. The molecule has 0 radical (unpaired) electrons. The second-order valence-corrected chi connectivity index (χ2v) is 17.2. The van der Waals surface area contributed by atoms with Crippen molar-refractivity contribution in [3.63, 3.8) is 0 Å². The van der Waals surface area contributed by atoms with Crippen molar-refractivity contribution in [3.8, 4) is 0 Å². The fraction of sp³-hybridized carbons (Fsp3) is 0.524. The maximum Gasteiger partial charge on any atom is 0.280 e. The Kier molecular flexibility index (Phi) is 9.72. The first-order chi connectivity index (χ1) is 21.9. The van der Waals surface area contributed by atoms with Gasteiger partial charge in [-0.15, -0.1) is 0 Å². The normalized spacial score (nSPS) is 30.3. The molecule has 0 aromatic carbocycles. The number of nitrogens with zero attached hydrogens (tertiary/aromatic N) is 7. The van der Waals surface area contributed by atoms with E-state index in [0.29, 0.717) is 0 Å². The van der Waals surface area contributed by atoms with Gasteiger partial charge < -0.3 is 39.6 Å². The molecule has 0 amide bonds. The van der Waals surface area contributed by atoms with Gasteiger partial charge in [-0.25, -0.2) is 28.7 Å². The van der Waals surface area contributed by atoms with Gasteiger partial charge in [0.15, 0.2) is 47.4 Å². The molecule has 0 saturated carbocycles. The first-order valence-electron chi connectivity index (χ1n) is 13.3. The first kappa shape index (κ1) is 33.6. The number of aliphatic hydroxyl groups is 1. The average molecular weight is 743 g/mol. The third kappa shape index (κ3) is 6.42. The standard InChI is InChI=1S/C21H26F2N10O8P2S3/c22-9-7(1-2-34)38-20(33-6-29-12-17(33)30-21(25)31-18(12)35)14(9)41-43(45,46)37-3-8-13(40-42(36)44)10(23)19(39-8)32-5-28-11-15(24)26-4-27-16(11)32/h4-10,13-14,19-20,34,42H,1-3H2,(H,36,44)(H,45,46)(H2,24,26,27)(H3,25,30,31,35)/t7-,8-,9-,10+,13-,14-,19-,20-/m1/s1. The van der Waals surface area contributed by atoms with E-state index < -0.39 is 80.9 Å². The molecule has 0 aliphatic carbocycles. The average Bonchev–Trinajstić information content (AvgIpc) is 3.74. The number of aromatic amines is 1. The van der Waals surface area contributed by atoms with Gasteiger partial charge in [0.05, 0.1) is 25.4 Å². The third-order valence-electron chi connectivity index (χ3n) is 7.22. The van der Waals surface area contributed by atoms with E-state index in [1.807, 2.05) is 0 Å². The smallest absolute Gasteiger partial charge is 0.280 e. The van der Waals surface area contributed by atoms with Crippen molar-refractivity contribution in [2.75, 3.05) is 24.7 Å². The molecule has 2 aliphatic heterocycles. The number of ether oxygens (including phenoxy) is 2. The minimum absolute atomic E-state index is 0.0227. The van der Waals surface area contributed by atoms with Crippen molar-refractivity contribution in [3.05, 3.63) is 29.3 Å². The lowest BCUT2D eigenvalue weighted by atomic mass is 10.1. The molecule has 0 bridgehead atoms. The Bertz CT molecular complexity index is 1890. The zero-order valence-corrected chi connectivity index (χ0v) is 27.6. The number of nitrogen functional groups attached to an aromatic ring is 2. The largest absolute Gasteiger partial charge is 0.396 e. The van der Waals surface area contributed by atoms with Crippen LogP contribution in [0.2, 0.25) is 0 Å². The number of nitrogens with two attached hydrogens (primary N) is 2. The van der Waals surface area contributed by atoms with Gasteiger partial charge in [-0.3, -0.25) is 23.5 Å². The van der Waals surface area contributed by atoms with Crippen LogP contribution in [0, 0.1) is 0 Å². The summed E-state index contributed by atoms with van der Waals surface area (Å²) in [6.07, 6.45) is -8.25. The van der Waals surface area contributed by atoms with Gasteiger partial charge in [-0.2, -0.15) is 4.98 Å². The van der Waals surface area contributed by atoms with Gasteiger partial charge in [0.1, 0.15) is 30.2 Å². The van der Waals surface area contributed by atoms with E-state index in [1.165, 1.54) is 28.1 Å². The topological polar surface area (TPSA) is 243 Å². The molecule has 25 heteroatoms. The Labute approximate surface area is 272 Å². The highest BCUT2D eigenvalue weighted by atomic mass is 32.9. The molecule has 46 heavy (non-hydrogen) atoms. The Morgan fingerprint density at radius 1 is 1.07 bits per heavy atom. The number of anilines is 2. The third-order valence-corrected chi connectivity index (χ3v) is 10.2. The second kappa shape index (κ2) is 13.3. The van der Waals surface area contributed by atoms with Crippen LogP contribution in [0.3, 0.4) is 0 Å². The van der Waals surface area contributed by atoms with Crippen LogP contribution in [-0.2, 0) is 39.4 Å². The van der Waals surface area contributed by atoms with Gasteiger partial charge in [-0.05, 0) is 18.2 Å². The molecule has 2 aliphatic rings. The van der Waals surface area contributed by atoms with E-state index in [-0.39, 0.29) is 40.5 Å². The Morgan fingerprint density at radius 2 is 1.76 bits per heavy atom. The molecule has 6 rings (SSSR count). The number of H-pyrrole nitrogens is 1. The van der Waals surface area contributed by atoms with Crippen molar-refractivity contribution in [1.29, 1.82) is 0 Å². The second-order valence-electron chi connectivity index (χ2n) is 10.1. The molecular weight excluding hydrogens is 716 g/mol. The number of halogens is 2. The van der Waals surface area contributed by atoms with E-state index in [1.54, 1.807) is 0 Å². The minimum Gasteiger partial charge on any atom is -0.396 e. The molecule has 250 valence electrons. The number of aliphatic hydroxyl groups excluding tert-OH is 1. The number of nitrogens with one attached hydrogen (secondary N) is 1. The van der Waals surface area contributed by atoms with Crippen molar-refractivity contribution in [2.24, 2.45) is 0 Å². The highest BCUT2D eigenvalue weighted by Crippen LogP contribution is 2.58. The first-order valence-corrected chi connectivity index (χ1v) is 19.7. The fourth-order valence-corrected chi connectivity index (χ4v) is 8.05. The summed E-state index contributed by atoms with van der Waals surface area (Å²) in [5.74, 6) is -0.156. The van der Waals surface area contributed by atoms with Gasteiger partial charge in [-0.1, -0.05) is 24.5 Å². The summed E-state index contributed by atoms with van der Waals surface area (Å²) in [5.41, 5.74) is 7.46. The molecule has 2 unspecified atom stereocenters. The van der Waals surface area contributed by atoms with E-state index in [4.69, 9.17) is 46.3 Å². The number of hydrogen-bond acceptors (Lipinski definition) is 16. The fourth-order valence-electron chi connectivity index (χ4n) is 5.24. The lowest BCUT2D eigenvalue weighted by molar-refractivity contribution is -0.0446. The molecule has 4 aromatic heterocycles. The quantitative estimate of drug-likeness (QED) is 0.0935. The molecular formula is C21H26F2N10O8P2S3. The summed E-state index contributed by atoms with van der Waals surface area (Å²) in [7, 11) is -2.97. The maximum absolute atomic E-state index is 15.8. The van der Waals surface area contributed by atoms with Gasteiger partial charge in [0.25, 0.3) is 5.56 Å². The zero-order valence-electron chi connectivity index (χ0n) is 23.1. The summed E-state index contributed by atoms with van der Waals surface area (Å²) in [4.78, 5) is 34.8. The van der Waals surface area contributed by atoms with Gasteiger partial charge in [0, 0.05) is 6.61 Å². The molecule has 0 spiro atoms. The lowest BCUT2D eigenvalue weighted by Gasteiger charge is -2.27. The molecule has 6 N–H and O–H groups in total. The van der Waals surface area contributed by atoms with Gasteiger partial charge in [0.2, 0.25) is 18.9 Å². The molecule has 18 nitrogen and oxygen atoms in total. The van der Waals surface area contributed by atoms with Crippen LogP contribution in [0.5, 0.6) is 0 Å². The number of fused-ring (bicyclic) bond motifs is 2. The van der Waals surface area contributed by atoms with Crippen molar-refractivity contribution in [2.45, 2.75) is 55.6 Å². The summed E-state index contributed by atoms with van der Waals surface area (Å²) in [5, 5.41) is 9.47. The predicted molar refractivity (Wildman–Crippen MR) is 169 cm³/mol. The van der Waals surface area contributed by atoms with Crippen LogP contribution in [0.25, 0.3) is 22.3 Å². The highest BCUT2D eigenvalue weighted by molar-refractivity contribution is 8.60. The van der Waals surface area contributed by atoms with Gasteiger partial charge >= 0.3 is 0 Å². The Hall–Kier alpha value is -2.30. The summed E-state index contributed by atoms with van der Waals surface area (Å²) in [6.45, 7) is -0.900. The predicted octanol–water partition coefficient (Wildman–Crippen LogP) is 1.24. The number of alkyl halides is 2. The number of hydrogen-bond donors (Lipinski definition) is 6. The molecule has 2 fully saturated rings. The van der Waals surface area contributed by atoms with Crippen molar-refractivity contribution in [1.82, 2.24) is 39.0 Å². The van der Waals surface area contributed by atoms with Crippen molar-refractivity contribution < 1.29 is 41.5 Å². The lowest BCUT2D eigenvalue weighted by Crippen LogP contribution is -2.33. The Morgan fingerprint density at radius 3 is 2.48 bits per heavy atom. The minimum atomic E-state index is -3.71. The Balaban J connectivity index is 1.23. The van der Waals surface area contributed by atoms with Crippen molar-refractivity contribution >= 4 is 83.3 Å². The highest BCUT2D eigenvalue weighted by Gasteiger charge is 2.51. The molecule has 10 atom stereocenters. The maximum atomic E-state index is 15.8. The number of imidazole rings is 2. The summed E-state index contributed by atoms with van der Waals surface area (Å²) >= 11 is 13.6. The SMILES string of the molecule is Nc1nc2c(ncn2[C@@H]2O[C@H](CCO)[C@@H](F)[C@H]2OP(=S)(S)OC[C@H]2O[C@@H](n3cnc4c(N)ncnc43)[C@@H](F)[C@@H]2O[PH](=O)S)c(=O)[nH]1. The number of rotatable bonds is 11. The summed E-state index contributed by atoms with van der Waals surface area (Å²) < 4.78 is 74.6. The van der Waals surface area contributed by atoms with E-state index in [9.17, 15) is 14.5 Å². The molecule has 6 heterocycles. The monoisotopic (exact) mass is 742 g/mol. The van der Waals surface area contributed by atoms with Crippen LogP contribution in [0.4, 0.5) is 20.5 Å². The van der Waals surface area contributed by atoms with Crippen LogP contribution in [-0.4, -0.2) is 94.1 Å². The van der Waals surface area contributed by atoms with E-state index >= 15 is 8.78 Å². The van der Waals surface area contributed by atoms with E-state index in [2.05, 4.69) is 54.4 Å². The number of thiol groups is 2. The summed E-state index contributed by atoms with van der Waals surface area (Å²) in [6, 6.07) is 0.